The zero-order chi connectivity index (χ0) is 12.9. The molecule has 3 unspecified atom stereocenters. The van der Waals surface area contributed by atoms with Crippen LogP contribution in [0.1, 0.15) is 53.4 Å². The SMILES string of the molecule is CC(C)C1OCC2(CC3CCC(C2)N3C(C)C)O1. The molecule has 0 aromatic heterocycles. The summed E-state index contributed by atoms with van der Waals surface area (Å²) in [6, 6.07) is 2.11. The smallest absolute Gasteiger partial charge is 0.160 e. The van der Waals surface area contributed by atoms with Crippen molar-refractivity contribution in [3.05, 3.63) is 0 Å². The molecule has 0 N–H and O–H groups in total. The molecule has 1 spiro atoms. The van der Waals surface area contributed by atoms with Crippen molar-refractivity contribution < 1.29 is 9.47 Å². The number of rotatable bonds is 2. The molecule has 3 rings (SSSR count). The van der Waals surface area contributed by atoms with Gasteiger partial charge in [0.05, 0.1) is 12.2 Å². The van der Waals surface area contributed by atoms with Crippen LogP contribution in [0.5, 0.6) is 0 Å². The molecule has 3 saturated heterocycles. The molecular weight excluding hydrogens is 226 g/mol. The number of hydrogen-bond acceptors (Lipinski definition) is 3. The first-order chi connectivity index (χ1) is 8.51. The molecular formula is C15H27NO2. The maximum absolute atomic E-state index is 6.31. The summed E-state index contributed by atoms with van der Waals surface area (Å²) in [7, 11) is 0. The van der Waals surface area contributed by atoms with Crippen molar-refractivity contribution in [2.75, 3.05) is 6.61 Å². The van der Waals surface area contributed by atoms with Gasteiger partial charge in [-0.3, -0.25) is 4.90 Å². The Morgan fingerprint density at radius 2 is 1.67 bits per heavy atom. The van der Waals surface area contributed by atoms with Crippen molar-refractivity contribution in [2.24, 2.45) is 5.92 Å². The molecule has 2 bridgehead atoms. The van der Waals surface area contributed by atoms with Crippen molar-refractivity contribution >= 4 is 0 Å². The summed E-state index contributed by atoms with van der Waals surface area (Å²) >= 11 is 0. The minimum absolute atomic E-state index is 0.0231. The Kier molecular flexibility index (Phi) is 3.20. The highest BCUT2D eigenvalue weighted by molar-refractivity contribution is 5.05. The van der Waals surface area contributed by atoms with Gasteiger partial charge in [0, 0.05) is 24.0 Å². The Labute approximate surface area is 111 Å². The van der Waals surface area contributed by atoms with Crippen LogP contribution in [0.2, 0.25) is 0 Å². The second-order valence-corrected chi connectivity index (χ2v) is 7.06. The van der Waals surface area contributed by atoms with Gasteiger partial charge in [0.1, 0.15) is 0 Å². The minimum Gasteiger partial charge on any atom is -0.349 e. The second-order valence-electron chi connectivity index (χ2n) is 7.06. The number of nitrogens with zero attached hydrogens (tertiary/aromatic N) is 1. The maximum atomic E-state index is 6.31. The van der Waals surface area contributed by atoms with Gasteiger partial charge in [-0.05, 0) is 39.5 Å². The molecule has 3 atom stereocenters. The van der Waals surface area contributed by atoms with Crippen molar-refractivity contribution in [1.29, 1.82) is 0 Å². The molecule has 0 amide bonds. The first-order valence-corrected chi connectivity index (χ1v) is 7.58. The van der Waals surface area contributed by atoms with Gasteiger partial charge in [-0.2, -0.15) is 0 Å². The lowest BCUT2D eigenvalue weighted by atomic mass is 9.86. The average Bonchev–Trinajstić information content (AvgIpc) is 2.80. The zero-order valence-electron chi connectivity index (χ0n) is 12.2. The fraction of sp³-hybridized carbons (Fsp3) is 1.00. The molecule has 18 heavy (non-hydrogen) atoms. The van der Waals surface area contributed by atoms with E-state index < -0.39 is 0 Å². The third-order valence-corrected chi connectivity index (χ3v) is 4.91. The van der Waals surface area contributed by atoms with E-state index in [1.165, 1.54) is 25.7 Å². The molecule has 3 fully saturated rings. The maximum Gasteiger partial charge on any atom is 0.160 e. The molecule has 0 aromatic carbocycles. The Morgan fingerprint density at radius 1 is 1.06 bits per heavy atom. The summed E-state index contributed by atoms with van der Waals surface area (Å²) in [6.45, 7) is 9.83. The Morgan fingerprint density at radius 3 is 2.11 bits per heavy atom. The molecule has 3 nitrogen and oxygen atoms in total. The van der Waals surface area contributed by atoms with Gasteiger partial charge in [0.15, 0.2) is 6.29 Å². The van der Waals surface area contributed by atoms with Crippen LogP contribution in [0.25, 0.3) is 0 Å². The number of piperidine rings is 1. The zero-order valence-corrected chi connectivity index (χ0v) is 12.2. The third kappa shape index (κ3) is 2.00. The van der Waals surface area contributed by atoms with E-state index in [2.05, 4.69) is 32.6 Å². The lowest BCUT2D eigenvalue weighted by molar-refractivity contribution is -0.138. The minimum atomic E-state index is 0.0231. The highest BCUT2D eigenvalue weighted by Crippen LogP contribution is 2.46. The van der Waals surface area contributed by atoms with Crippen molar-refractivity contribution in [3.8, 4) is 0 Å². The highest BCUT2D eigenvalue weighted by Gasteiger charge is 2.53. The predicted molar refractivity (Wildman–Crippen MR) is 71.4 cm³/mol. The second kappa shape index (κ2) is 4.46. The van der Waals surface area contributed by atoms with E-state index in [4.69, 9.17) is 9.47 Å². The lowest BCUT2D eigenvalue weighted by Crippen LogP contribution is -2.54. The van der Waals surface area contributed by atoms with Crippen LogP contribution in [0.15, 0.2) is 0 Å². The summed E-state index contributed by atoms with van der Waals surface area (Å²) in [4.78, 5) is 2.72. The molecule has 3 aliphatic rings. The number of hydrogen-bond donors (Lipinski definition) is 0. The Bertz CT molecular complexity index is 302. The van der Waals surface area contributed by atoms with E-state index in [0.717, 1.165) is 18.7 Å². The fourth-order valence-corrected chi connectivity index (χ4v) is 4.27. The summed E-state index contributed by atoms with van der Waals surface area (Å²) in [5.41, 5.74) is 0.0339. The molecule has 3 heteroatoms. The summed E-state index contributed by atoms with van der Waals surface area (Å²) in [5.74, 6) is 0.463. The van der Waals surface area contributed by atoms with Crippen molar-refractivity contribution in [1.82, 2.24) is 4.90 Å². The molecule has 3 heterocycles. The van der Waals surface area contributed by atoms with Gasteiger partial charge >= 0.3 is 0 Å². The first-order valence-electron chi connectivity index (χ1n) is 7.58. The molecule has 3 aliphatic heterocycles. The van der Waals surface area contributed by atoms with E-state index in [9.17, 15) is 0 Å². The topological polar surface area (TPSA) is 21.7 Å². The van der Waals surface area contributed by atoms with Crippen molar-refractivity contribution in [3.63, 3.8) is 0 Å². The van der Waals surface area contributed by atoms with Crippen molar-refractivity contribution in [2.45, 2.75) is 83.4 Å². The van der Waals surface area contributed by atoms with Crippen LogP contribution in [0.3, 0.4) is 0 Å². The predicted octanol–water partition coefficient (Wildman–Crippen LogP) is 2.79. The van der Waals surface area contributed by atoms with Gasteiger partial charge in [-0.25, -0.2) is 0 Å². The Balaban J connectivity index is 1.72. The van der Waals surface area contributed by atoms with E-state index in [1.807, 2.05) is 0 Å². The first kappa shape index (κ1) is 12.9. The van der Waals surface area contributed by atoms with Crippen LogP contribution < -0.4 is 0 Å². The molecule has 0 aliphatic carbocycles. The highest BCUT2D eigenvalue weighted by atomic mass is 16.7. The van der Waals surface area contributed by atoms with E-state index in [1.54, 1.807) is 0 Å². The molecule has 0 saturated carbocycles. The van der Waals surface area contributed by atoms with Crippen LogP contribution in [0.4, 0.5) is 0 Å². The molecule has 0 aromatic rings. The number of fused-ring (bicyclic) bond motifs is 2. The van der Waals surface area contributed by atoms with Crippen LogP contribution >= 0.6 is 0 Å². The third-order valence-electron chi connectivity index (χ3n) is 4.91. The van der Waals surface area contributed by atoms with Gasteiger partial charge < -0.3 is 9.47 Å². The van der Waals surface area contributed by atoms with Gasteiger partial charge in [-0.15, -0.1) is 0 Å². The van der Waals surface area contributed by atoms with Gasteiger partial charge in [-0.1, -0.05) is 13.8 Å². The number of ether oxygens (including phenoxy) is 2. The standard InChI is InChI=1S/C15H27NO2/c1-10(2)14-17-9-15(18-14)7-12-5-6-13(8-15)16(12)11(3)4/h10-14H,5-9H2,1-4H3. The van der Waals surface area contributed by atoms with Crippen LogP contribution in [-0.4, -0.2) is 41.5 Å². The van der Waals surface area contributed by atoms with E-state index in [0.29, 0.717) is 12.0 Å². The normalized spacial score (nSPS) is 44.7. The van der Waals surface area contributed by atoms with E-state index in [-0.39, 0.29) is 11.9 Å². The molecule has 104 valence electrons. The summed E-state index contributed by atoms with van der Waals surface area (Å²) in [6.07, 6.45) is 5.06. The van der Waals surface area contributed by atoms with Gasteiger partial charge in [0.2, 0.25) is 0 Å². The van der Waals surface area contributed by atoms with Crippen LogP contribution in [-0.2, 0) is 9.47 Å². The quantitative estimate of drug-likeness (QED) is 0.755. The summed E-state index contributed by atoms with van der Waals surface area (Å²) < 4.78 is 12.2. The lowest BCUT2D eigenvalue weighted by Gasteiger charge is -2.45. The average molecular weight is 253 g/mol. The molecule has 0 radical (unpaired) electrons. The monoisotopic (exact) mass is 253 g/mol. The summed E-state index contributed by atoms with van der Waals surface area (Å²) in [5, 5.41) is 0. The largest absolute Gasteiger partial charge is 0.349 e. The Hall–Kier alpha value is -0.120. The fourth-order valence-electron chi connectivity index (χ4n) is 4.27. The van der Waals surface area contributed by atoms with Gasteiger partial charge in [0.25, 0.3) is 0 Å². The van der Waals surface area contributed by atoms with E-state index >= 15 is 0 Å². The van der Waals surface area contributed by atoms with Crippen LogP contribution in [0, 0.1) is 5.92 Å².